The van der Waals surface area contributed by atoms with Crippen molar-refractivity contribution in [2.24, 2.45) is 11.8 Å². The number of likely N-dealkylation sites (tertiary alicyclic amines) is 1. The lowest BCUT2D eigenvalue weighted by molar-refractivity contribution is -0.147. The van der Waals surface area contributed by atoms with Gasteiger partial charge in [-0.05, 0) is 37.8 Å². The molecular formula is C21H27N3O5S. The largest absolute Gasteiger partial charge is 0.353 e. The first-order valence-corrected chi connectivity index (χ1v) is 12.1. The van der Waals surface area contributed by atoms with Crippen LogP contribution in [0.5, 0.6) is 0 Å². The Balaban J connectivity index is 1.35. The van der Waals surface area contributed by atoms with Crippen LogP contribution in [0, 0.1) is 11.8 Å². The van der Waals surface area contributed by atoms with Crippen molar-refractivity contribution in [1.29, 1.82) is 0 Å². The van der Waals surface area contributed by atoms with Gasteiger partial charge in [-0.25, -0.2) is 8.42 Å². The highest BCUT2D eigenvalue weighted by Crippen LogP contribution is 2.38. The number of anilines is 1. The van der Waals surface area contributed by atoms with Gasteiger partial charge in [0.05, 0.1) is 23.3 Å². The third kappa shape index (κ3) is 3.59. The molecule has 30 heavy (non-hydrogen) atoms. The Morgan fingerprint density at radius 1 is 1.13 bits per heavy atom. The molecular weight excluding hydrogens is 406 g/mol. The van der Waals surface area contributed by atoms with Gasteiger partial charge in [-0.3, -0.25) is 23.6 Å². The van der Waals surface area contributed by atoms with Crippen LogP contribution in [0.3, 0.4) is 0 Å². The summed E-state index contributed by atoms with van der Waals surface area (Å²) in [6, 6.07) is 6.44. The number of rotatable bonds is 6. The SMILES string of the molecule is C[C@@H](C(=O)NCCS(=O)(=O)N1CCc2ccccc21)N1C(=O)[C@H]2CCCC[C@H]2C1=O. The van der Waals surface area contributed by atoms with E-state index in [1.807, 2.05) is 12.1 Å². The summed E-state index contributed by atoms with van der Waals surface area (Å²) in [6.07, 6.45) is 3.89. The van der Waals surface area contributed by atoms with Crippen LogP contribution in [0.1, 0.15) is 38.2 Å². The minimum atomic E-state index is -3.58. The number of para-hydroxylation sites is 1. The molecule has 1 saturated carbocycles. The molecule has 4 rings (SSSR count). The predicted molar refractivity (Wildman–Crippen MR) is 111 cm³/mol. The van der Waals surface area contributed by atoms with E-state index in [9.17, 15) is 22.8 Å². The molecule has 2 aliphatic heterocycles. The van der Waals surface area contributed by atoms with E-state index < -0.39 is 22.0 Å². The zero-order valence-electron chi connectivity index (χ0n) is 17.0. The Hall–Kier alpha value is -2.42. The van der Waals surface area contributed by atoms with E-state index in [0.29, 0.717) is 31.5 Å². The molecule has 3 amide bonds. The monoisotopic (exact) mass is 433 g/mol. The zero-order valence-corrected chi connectivity index (χ0v) is 17.9. The Kier molecular flexibility index (Phi) is 5.57. The number of nitrogens with one attached hydrogen (secondary N) is 1. The van der Waals surface area contributed by atoms with Crippen LogP contribution in [-0.2, 0) is 30.8 Å². The van der Waals surface area contributed by atoms with E-state index in [1.165, 1.54) is 11.2 Å². The molecule has 8 nitrogen and oxygen atoms in total. The normalized spacial score (nSPS) is 24.6. The molecule has 1 aromatic rings. The Labute approximate surface area is 176 Å². The van der Waals surface area contributed by atoms with Crippen LogP contribution < -0.4 is 9.62 Å². The molecule has 0 bridgehead atoms. The number of benzene rings is 1. The van der Waals surface area contributed by atoms with Gasteiger partial charge < -0.3 is 5.32 Å². The van der Waals surface area contributed by atoms with Gasteiger partial charge in [-0.2, -0.15) is 0 Å². The number of amides is 3. The van der Waals surface area contributed by atoms with Gasteiger partial charge in [0.25, 0.3) is 0 Å². The van der Waals surface area contributed by atoms with Crippen molar-refractivity contribution >= 4 is 33.4 Å². The molecule has 1 saturated heterocycles. The lowest BCUT2D eigenvalue weighted by atomic mass is 9.81. The summed E-state index contributed by atoms with van der Waals surface area (Å²) in [4.78, 5) is 38.9. The summed E-state index contributed by atoms with van der Waals surface area (Å²) >= 11 is 0. The Morgan fingerprint density at radius 2 is 1.77 bits per heavy atom. The van der Waals surface area contributed by atoms with Crippen LogP contribution >= 0.6 is 0 Å². The molecule has 162 valence electrons. The first-order valence-electron chi connectivity index (χ1n) is 10.5. The molecule has 2 heterocycles. The number of carbonyl (C=O) groups is 3. The average Bonchev–Trinajstić information content (AvgIpc) is 3.28. The van der Waals surface area contributed by atoms with Crippen molar-refractivity contribution in [1.82, 2.24) is 10.2 Å². The topological polar surface area (TPSA) is 104 Å². The van der Waals surface area contributed by atoms with Crippen molar-refractivity contribution in [2.45, 2.75) is 45.1 Å². The fourth-order valence-electron chi connectivity index (χ4n) is 4.84. The number of hydrogen-bond acceptors (Lipinski definition) is 5. The fourth-order valence-corrected chi connectivity index (χ4v) is 6.27. The van der Waals surface area contributed by atoms with Crippen molar-refractivity contribution in [3.8, 4) is 0 Å². The van der Waals surface area contributed by atoms with Crippen molar-refractivity contribution < 1.29 is 22.8 Å². The second kappa shape index (κ2) is 8.02. The molecule has 0 unspecified atom stereocenters. The second-order valence-corrected chi connectivity index (χ2v) is 10.3. The van der Waals surface area contributed by atoms with Crippen LogP contribution in [0.25, 0.3) is 0 Å². The standard InChI is InChI=1S/C21H27N3O5S/c1-14(24-20(26)16-7-3-4-8-17(16)21(24)27)19(25)22-11-13-30(28,29)23-12-10-15-6-2-5-9-18(15)23/h2,5-6,9,14,16-17H,3-4,7-8,10-13H2,1H3,(H,22,25)/t14-,16-,17+/m0/s1. The van der Waals surface area contributed by atoms with Gasteiger partial charge in [0.2, 0.25) is 27.7 Å². The van der Waals surface area contributed by atoms with Crippen LogP contribution in [0.15, 0.2) is 24.3 Å². The quantitative estimate of drug-likeness (QED) is 0.676. The zero-order chi connectivity index (χ0) is 21.5. The third-order valence-electron chi connectivity index (χ3n) is 6.48. The minimum absolute atomic E-state index is 0.0761. The van der Waals surface area contributed by atoms with Gasteiger partial charge >= 0.3 is 0 Å². The fraction of sp³-hybridized carbons (Fsp3) is 0.571. The summed E-state index contributed by atoms with van der Waals surface area (Å²) < 4.78 is 26.9. The van der Waals surface area contributed by atoms with E-state index in [2.05, 4.69) is 5.32 Å². The molecule has 1 aromatic carbocycles. The predicted octanol–water partition coefficient (Wildman–Crippen LogP) is 1.06. The van der Waals surface area contributed by atoms with Gasteiger partial charge in [0.1, 0.15) is 6.04 Å². The number of imide groups is 1. The second-order valence-electron chi connectivity index (χ2n) is 8.28. The number of nitrogens with zero attached hydrogens (tertiary/aromatic N) is 2. The van der Waals surface area contributed by atoms with E-state index >= 15 is 0 Å². The molecule has 0 radical (unpaired) electrons. The molecule has 1 aliphatic carbocycles. The number of carbonyl (C=O) groups excluding carboxylic acids is 3. The maximum atomic E-state index is 12.7. The highest BCUT2D eigenvalue weighted by Gasteiger charge is 2.50. The maximum Gasteiger partial charge on any atom is 0.243 e. The summed E-state index contributed by atoms with van der Waals surface area (Å²) in [7, 11) is -3.58. The number of sulfonamides is 1. The number of fused-ring (bicyclic) bond motifs is 2. The molecule has 1 N–H and O–H groups in total. The average molecular weight is 434 g/mol. The lowest BCUT2D eigenvalue weighted by Gasteiger charge is -2.23. The summed E-state index contributed by atoms with van der Waals surface area (Å²) in [6.45, 7) is 1.84. The Bertz CT molecular complexity index is 953. The van der Waals surface area contributed by atoms with Gasteiger partial charge in [0.15, 0.2) is 0 Å². The first-order chi connectivity index (χ1) is 14.3. The van der Waals surface area contributed by atoms with Gasteiger partial charge in [0, 0.05) is 13.1 Å². The number of hydrogen-bond donors (Lipinski definition) is 1. The van der Waals surface area contributed by atoms with Crippen molar-refractivity contribution in [3.05, 3.63) is 29.8 Å². The molecule has 0 spiro atoms. The highest BCUT2D eigenvalue weighted by molar-refractivity contribution is 7.92. The molecule has 2 fully saturated rings. The van der Waals surface area contributed by atoms with E-state index in [-0.39, 0.29) is 35.9 Å². The third-order valence-corrected chi connectivity index (χ3v) is 8.25. The highest BCUT2D eigenvalue weighted by atomic mass is 32.2. The van der Waals surface area contributed by atoms with E-state index in [1.54, 1.807) is 12.1 Å². The van der Waals surface area contributed by atoms with E-state index in [0.717, 1.165) is 23.3 Å². The lowest BCUT2D eigenvalue weighted by Crippen LogP contribution is -2.49. The summed E-state index contributed by atoms with van der Waals surface area (Å²) in [5.74, 6) is -1.91. The minimum Gasteiger partial charge on any atom is -0.353 e. The smallest absolute Gasteiger partial charge is 0.243 e. The van der Waals surface area contributed by atoms with Crippen molar-refractivity contribution in [2.75, 3.05) is 23.1 Å². The molecule has 9 heteroatoms. The maximum absolute atomic E-state index is 12.7. The Morgan fingerprint density at radius 3 is 2.43 bits per heavy atom. The van der Waals surface area contributed by atoms with Gasteiger partial charge in [-0.1, -0.05) is 31.0 Å². The molecule has 3 aliphatic rings. The summed E-state index contributed by atoms with van der Waals surface area (Å²) in [5.41, 5.74) is 1.68. The summed E-state index contributed by atoms with van der Waals surface area (Å²) in [5, 5.41) is 2.59. The van der Waals surface area contributed by atoms with Gasteiger partial charge in [-0.15, -0.1) is 0 Å². The molecule has 3 atom stereocenters. The van der Waals surface area contributed by atoms with Crippen LogP contribution in [-0.4, -0.2) is 55.9 Å². The van der Waals surface area contributed by atoms with Crippen LogP contribution in [0.4, 0.5) is 5.69 Å². The van der Waals surface area contributed by atoms with Crippen LogP contribution in [0.2, 0.25) is 0 Å². The van der Waals surface area contributed by atoms with Crippen molar-refractivity contribution in [3.63, 3.8) is 0 Å². The van der Waals surface area contributed by atoms with E-state index in [4.69, 9.17) is 0 Å². The molecule has 0 aromatic heterocycles. The first kappa shape index (κ1) is 20.8.